The number of benzene rings is 1. The molecule has 6 nitrogen and oxygen atoms in total. The molecule has 0 aliphatic heterocycles. The monoisotopic (exact) mass is 266 g/mol. The summed E-state index contributed by atoms with van der Waals surface area (Å²) in [4.78, 5) is 23.5. The van der Waals surface area contributed by atoms with Crippen LogP contribution in [0.3, 0.4) is 0 Å². The van der Waals surface area contributed by atoms with Crippen LogP contribution in [0, 0.1) is 0 Å². The number of methoxy groups -OCH3 is 1. The highest BCUT2D eigenvalue weighted by atomic mass is 16.5. The minimum Gasteiger partial charge on any atom is -0.507 e. The molecule has 0 spiro atoms. The molecule has 6 heteroatoms. The number of phenols is 1. The zero-order valence-electron chi connectivity index (χ0n) is 11.2. The molecule has 3 N–H and O–H groups in total. The Hall–Kier alpha value is -2.24. The lowest BCUT2D eigenvalue weighted by atomic mass is 10.1. The Balaban J connectivity index is 2.80. The highest BCUT2D eigenvalue weighted by Crippen LogP contribution is 2.22. The predicted octanol–water partition coefficient (Wildman–Crippen LogP) is 0.655. The normalized spacial score (nSPS) is 11.5. The van der Waals surface area contributed by atoms with E-state index >= 15 is 0 Å². The summed E-state index contributed by atoms with van der Waals surface area (Å²) < 4.78 is 4.98. The Bertz CT molecular complexity index is 474. The summed E-state index contributed by atoms with van der Waals surface area (Å²) in [6.07, 6.45) is 0. The number of hydrogen-bond acceptors (Lipinski definition) is 4. The van der Waals surface area contributed by atoms with Crippen molar-refractivity contribution in [1.29, 1.82) is 0 Å². The van der Waals surface area contributed by atoms with Crippen LogP contribution in [0.25, 0.3) is 0 Å². The summed E-state index contributed by atoms with van der Waals surface area (Å²) in [7, 11) is 1.46. The molecule has 0 aromatic heterocycles. The second-order valence-corrected chi connectivity index (χ2v) is 3.97. The van der Waals surface area contributed by atoms with Crippen LogP contribution in [0.1, 0.15) is 24.2 Å². The predicted molar refractivity (Wildman–Crippen MR) is 70.3 cm³/mol. The summed E-state index contributed by atoms with van der Waals surface area (Å²) in [5.41, 5.74) is 0.0653. The second-order valence-electron chi connectivity index (χ2n) is 3.97. The van der Waals surface area contributed by atoms with Crippen molar-refractivity contribution >= 4 is 11.8 Å². The van der Waals surface area contributed by atoms with Crippen LogP contribution in [0.5, 0.6) is 11.5 Å². The van der Waals surface area contributed by atoms with Crippen molar-refractivity contribution in [2.45, 2.75) is 19.9 Å². The van der Waals surface area contributed by atoms with E-state index in [0.717, 1.165) is 0 Å². The number of likely N-dealkylation sites (N-methyl/N-ethyl adjacent to an activating group) is 1. The van der Waals surface area contributed by atoms with Gasteiger partial charge in [0.25, 0.3) is 5.91 Å². The number of hydrogen-bond donors (Lipinski definition) is 3. The van der Waals surface area contributed by atoms with E-state index in [-0.39, 0.29) is 17.2 Å². The highest BCUT2D eigenvalue weighted by Gasteiger charge is 2.18. The molecule has 1 aromatic rings. The quantitative estimate of drug-likeness (QED) is 0.730. The molecule has 1 unspecified atom stereocenters. The topological polar surface area (TPSA) is 87.7 Å². The van der Waals surface area contributed by atoms with Crippen LogP contribution in [0.2, 0.25) is 0 Å². The Kier molecular flexibility index (Phi) is 5.17. The molecule has 0 bridgehead atoms. The number of carbonyl (C=O) groups is 2. The molecule has 1 rings (SSSR count). The van der Waals surface area contributed by atoms with Crippen LogP contribution >= 0.6 is 0 Å². The highest BCUT2D eigenvalue weighted by molar-refractivity contribution is 5.99. The van der Waals surface area contributed by atoms with Gasteiger partial charge in [0.1, 0.15) is 17.5 Å². The van der Waals surface area contributed by atoms with E-state index < -0.39 is 11.9 Å². The third-order valence-electron chi connectivity index (χ3n) is 2.54. The molecule has 0 radical (unpaired) electrons. The van der Waals surface area contributed by atoms with Crippen molar-refractivity contribution in [2.75, 3.05) is 13.7 Å². The van der Waals surface area contributed by atoms with Crippen molar-refractivity contribution in [1.82, 2.24) is 10.6 Å². The second kappa shape index (κ2) is 6.63. The largest absolute Gasteiger partial charge is 0.507 e. The van der Waals surface area contributed by atoms with E-state index in [2.05, 4.69) is 10.6 Å². The van der Waals surface area contributed by atoms with Gasteiger partial charge in [-0.25, -0.2) is 0 Å². The van der Waals surface area contributed by atoms with E-state index in [0.29, 0.717) is 12.3 Å². The van der Waals surface area contributed by atoms with Gasteiger partial charge in [0.2, 0.25) is 5.91 Å². The van der Waals surface area contributed by atoms with E-state index in [1.54, 1.807) is 19.9 Å². The molecular formula is C13H18N2O4. The summed E-state index contributed by atoms with van der Waals surface area (Å²) in [5, 5.41) is 14.7. The summed E-state index contributed by atoms with van der Waals surface area (Å²) in [6, 6.07) is 3.64. The molecule has 1 atom stereocenters. The molecular weight excluding hydrogens is 248 g/mol. The smallest absolute Gasteiger partial charge is 0.255 e. The first kappa shape index (κ1) is 14.8. The fourth-order valence-electron chi connectivity index (χ4n) is 1.49. The maximum absolute atomic E-state index is 11.9. The number of ether oxygens (including phenoxy) is 1. The van der Waals surface area contributed by atoms with Gasteiger partial charge < -0.3 is 20.5 Å². The molecule has 2 amide bonds. The zero-order chi connectivity index (χ0) is 14.4. The summed E-state index contributed by atoms with van der Waals surface area (Å²) in [6.45, 7) is 3.85. The first-order valence-electron chi connectivity index (χ1n) is 5.95. The van der Waals surface area contributed by atoms with Gasteiger partial charge in [0.05, 0.1) is 12.7 Å². The zero-order valence-corrected chi connectivity index (χ0v) is 11.2. The maximum atomic E-state index is 11.9. The van der Waals surface area contributed by atoms with E-state index in [4.69, 9.17) is 4.74 Å². The van der Waals surface area contributed by atoms with Crippen LogP contribution in [-0.4, -0.2) is 36.6 Å². The van der Waals surface area contributed by atoms with Crippen LogP contribution in [0.15, 0.2) is 18.2 Å². The lowest BCUT2D eigenvalue weighted by molar-refractivity contribution is -0.122. The fraction of sp³-hybridized carbons (Fsp3) is 0.385. The minimum atomic E-state index is -0.682. The first-order chi connectivity index (χ1) is 8.99. The number of aromatic hydroxyl groups is 1. The van der Waals surface area contributed by atoms with Crippen molar-refractivity contribution in [3.8, 4) is 11.5 Å². The van der Waals surface area contributed by atoms with Crippen molar-refractivity contribution in [2.24, 2.45) is 0 Å². The SMILES string of the molecule is CCNC(=O)C(C)NC(=O)c1cc(OC)ccc1O. The minimum absolute atomic E-state index is 0.0653. The maximum Gasteiger partial charge on any atom is 0.255 e. The van der Waals surface area contributed by atoms with Crippen LogP contribution in [0.4, 0.5) is 0 Å². The van der Waals surface area contributed by atoms with Crippen molar-refractivity contribution in [3.05, 3.63) is 23.8 Å². The Morgan fingerprint density at radius 1 is 1.42 bits per heavy atom. The third kappa shape index (κ3) is 3.87. The van der Waals surface area contributed by atoms with Gasteiger partial charge in [-0.3, -0.25) is 9.59 Å². The number of carbonyl (C=O) groups excluding carboxylic acids is 2. The van der Waals surface area contributed by atoms with Crippen molar-refractivity contribution in [3.63, 3.8) is 0 Å². The van der Waals surface area contributed by atoms with Gasteiger partial charge in [0, 0.05) is 6.54 Å². The van der Waals surface area contributed by atoms with Crippen molar-refractivity contribution < 1.29 is 19.4 Å². The fourth-order valence-corrected chi connectivity index (χ4v) is 1.49. The van der Waals surface area contributed by atoms with Crippen LogP contribution < -0.4 is 15.4 Å². The number of amides is 2. The summed E-state index contributed by atoms with van der Waals surface area (Å²) >= 11 is 0. The third-order valence-corrected chi connectivity index (χ3v) is 2.54. The molecule has 19 heavy (non-hydrogen) atoms. The molecule has 0 saturated heterocycles. The number of rotatable bonds is 5. The Morgan fingerprint density at radius 2 is 2.11 bits per heavy atom. The molecule has 0 aliphatic rings. The number of phenolic OH excluding ortho intramolecular Hbond substituents is 1. The van der Waals surface area contributed by atoms with E-state index in [1.807, 2.05) is 0 Å². The van der Waals surface area contributed by atoms with E-state index in [1.165, 1.54) is 19.2 Å². The van der Waals surface area contributed by atoms with Gasteiger partial charge >= 0.3 is 0 Å². The molecule has 0 saturated carbocycles. The lowest BCUT2D eigenvalue weighted by Crippen LogP contribution is -2.44. The van der Waals surface area contributed by atoms with Gasteiger partial charge in [-0.1, -0.05) is 0 Å². The van der Waals surface area contributed by atoms with Crippen LogP contribution in [-0.2, 0) is 4.79 Å². The average molecular weight is 266 g/mol. The summed E-state index contributed by atoms with van der Waals surface area (Å²) in [5.74, 6) is -0.525. The molecule has 0 fully saturated rings. The molecule has 1 aromatic carbocycles. The average Bonchev–Trinajstić information content (AvgIpc) is 2.39. The van der Waals surface area contributed by atoms with Gasteiger partial charge in [-0.15, -0.1) is 0 Å². The standard InChI is InChI=1S/C13H18N2O4/c1-4-14-12(17)8(2)15-13(18)10-7-9(19-3)5-6-11(10)16/h5-8,16H,4H2,1-3H3,(H,14,17)(H,15,18). The van der Waals surface area contributed by atoms with Gasteiger partial charge in [-0.05, 0) is 32.0 Å². The molecule has 0 heterocycles. The van der Waals surface area contributed by atoms with Gasteiger partial charge in [0.15, 0.2) is 0 Å². The van der Waals surface area contributed by atoms with Gasteiger partial charge in [-0.2, -0.15) is 0 Å². The first-order valence-corrected chi connectivity index (χ1v) is 5.95. The Labute approximate surface area is 111 Å². The number of nitrogens with one attached hydrogen (secondary N) is 2. The lowest BCUT2D eigenvalue weighted by Gasteiger charge is -2.14. The van der Waals surface area contributed by atoms with E-state index in [9.17, 15) is 14.7 Å². The Morgan fingerprint density at radius 3 is 2.68 bits per heavy atom. The molecule has 104 valence electrons. The molecule has 0 aliphatic carbocycles.